The van der Waals surface area contributed by atoms with Crippen LogP contribution in [0.1, 0.15) is 54.4 Å². The van der Waals surface area contributed by atoms with E-state index in [-0.39, 0.29) is 29.2 Å². The Morgan fingerprint density at radius 2 is 1.65 bits per heavy atom. The fourth-order valence-electron chi connectivity index (χ4n) is 3.22. The minimum absolute atomic E-state index is 0.0156. The van der Waals surface area contributed by atoms with Crippen LogP contribution in [0.2, 0.25) is 0 Å². The van der Waals surface area contributed by atoms with Crippen LogP contribution >= 0.6 is 0 Å². The predicted molar refractivity (Wildman–Crippen MR) is 70.9 cm³/mol. The highest BCUT2D eigenvalue weighted by Crippen LogP contribution is 2.37. The van der Waals surface area contributed by atoms with Gasteiger partial charge in [-0.05, 0) is 54.4 Å². The highest BCUT2D eigenvalue weighted by Gasteiger charge is 2.46. The average molecular weight is 241 g/mol. The van der Waals surface area contributed by atoms with Gasteiger partial charge in [0.2, 0.25) is 0 Å². The number of likely N-dealkylation sites (tertiary alicyclic amines) is 1. The third-order valence-electron chi connectivity index (χ3n) is 3.35. The summed E-state index contributed by atoms with van der Waals surface area (Å²) in [5.41, 5.74) is 5.70. The standard InChI is InChI=1S/C13H27N3O/c1-9(2)15-11(17)16-12(3,4)7-10(14)8-13(16,5)6/h9-10H,7-8,14H2,1-6H3,(H,15,17). The summed E-state index contributed by atoms with van der Waals surface area (Å²) in [6, 6.07) is 0.342. The van der Waals surface area contributed by atoms with Gasteiger partial charge < -0.3 is 16.0 Å². The minimum atomic E-state index is -0.194. The van der Waals surface area contributed by atoms with E-state index in [1.54, 1.807) is 0 Å². The van der Waals surface area contributed by atoms with Gasteiger partial charge in [-0.1, -0.05) is 0 Å². The van der Waals surface area contributed by atoms with Gasteiger partial charge in [-0.25, -0.2) is 4.79 Å². The normalized spacial score (nSPS) is 23.9. The molecular formula is C13H27N3O. The zero-order chi connectivity index (χ0) is 13.4. The van der Waals surface area contributed by atoms with Crippen LogP contribution in [0.4, 0.5) is 4.79 Å². The number of hydrogen-bond donors (Lipinski definition) is 2. The van der Waals surface area contributed by atoms with E-state index in [1.165, 1.54) is 0 Å². The fraction of sp³-hybridized carbons (Fsp3) is 0.923. The molecule has 2 amide bonds. The third kappa shape index (κ3) is 3.12. The molecule has 1 aliphatic rings. The number of piperidine rings is 1. The van der Waals surface area contributed by atoms with Crippen molar-refractivity contribution in [2.45, 2.75) is 77.5 Å². The lowest BCUT2D eigenvalue weighted by molar-refractivity contribution is 0.00249. The maximum Gasteiger partial charge on any atom is 0.318 e. The predicted octanol–water partition coefficient (Wildman–Crippen LogP) is 2.08. The van der Waals surface area contributed by atoms with Crippen molar-refractivity contribution in [3.8, 4) is 0 Å². The summed E-state index contributed by atoms with van der Waals surface area (Å²) in [7, 11) is 0. The van der Waals surface area contributed by atoms with Crippen molar-refractivity contribution >= 4 is 6.03 Å². The van der Waals surface area contributed by atoms with Gasteiger partial charge in [-0.15, -0.1) is 0 Å². The van der Waals surface area contributed by atoms with Crippen molar-refractivity contribution < 1.29 is 4.79 Å². The summed E-state index contributed by atoms with van der Waals surface area (Å²) < 4.78 is 0. The zero-order valence-corrected chi connectivity index (χ0v) is 12.0. The monoisotopic (exact) mass is 241 g/mol. The van der Waals surface area contributed by atoms with Crippen LogP contribution in [0, 0.1) is 0 Å². The van der Waals surface area contributed by atoms with E-state index < -0.39 is 0 Å². The van der Waals surface area contributed by atoms with Gasteiger partial charge >= 0.3 is 6.03 Å². The molecule has 1 fully saturated rings. The molecule has 0 aromatic rings. The SMILES string of the molecule is CC(C)NC(=O)N1C(C)(C)CC(N)CC1(C)C. The van der Waals surface area contributed by atoms with Crippen molar-refractivity contribution in [2.24, 2.45) is 5.73 Å². The molecule has 1 heterocycles. The topological polar surface area (TPSA) is 58.4 Å². The van der Waals surface area contributed by atoms with Crippen LogP contribution in [0.3, 0.4) is 0 Å². The molecule has 100 valence electrons. The number of hydrogen-bond acceptors (Lipinski definition) is 2. The first-order valence-corrected chi connectivity index (χ1v) is 6.43. The second kappa shape index (κ2) is 4.48. The van der Waals surface area contributed by atoms with Crippen molar-refractivity contribution in [3.05, 3.63) is 0 Å². The van der Waals surface area contributed by atoms with Gasteiger partial charge in [0.1, 0.15) is 0 Å². The number of carbonyl (C=O) groups excluding carboxylic acids is 1. The van der Waals surface area contributed by atoms with Gasteiger partial charge in [0.25, 0.3) is 0 Å². The number of nitrogens with two attached hydrogens (primary N) is 1. The Hall–Kier alpha value is -0.770. The van der Waals surface area contributed by atoms with E-state index in [1.807, 2.05) is 18.7 Å². The summed E-state index contributed by atoms with van der Waals surface area (Å²) >= 11 is 0. The summed E-state index contributed by atoms with van der Waals surface area (Å²) in [4.78, 5) is 14.3. The van der Waals surface area contributed by atoms with Crippen molar-refractivity contribution in [2.75, 3.05) is 0 Å². The Morgan fingerprint density at radius 3 is 2.00 bits per heavy atom. The van der Waals surface area contributed by atoms with Gasteiger partial charge in [0, 0.05) is 23.2 Å². The number of nitrogens with one attached hydrogen (secondary N) is 1. The van der Waals surface area contributed by atoms with E-state index in [9.17, 15) is 4.79 Å². The maximum absolute atomic E-state index is 12.3. The Balaban J connectivity index is 2.96. The highest BCUT2D eigenvalue weighted by atomic mass is 16.2. The Labute approximate surface area is 105 Å². The van der Waals surface area contributed by atoms with E-state index >= 15 is 0 Å². The second-order valence-electron chi connectivity index (χ2n) is 6.73. The quantitative estimate of drug-likeness (QED) is 0.738. The zero-order valence-electron chi connectivity index (χ0n) is 12.0. The van der Waals surface area contributed by atoms with Crippen LogP contribution in [-0.4, -0.2) is 34.1 Å². The first-order valence-electron chi connectivity index (χ1n) is 6.43. The van der Waals surface area contributed by atoms with Gasteiger partial charge in [0.15, 0.2) is 0 Å². The molecule has 0 spiro atoms. The molecule has 0 bridgehead atoms. The summed E-state index contributed by atoms with van der Waals surface area (Å²) in [6.45, 7) is 12.3. The number of urea groups is 1. The number of nitrogens with zero attached hydrogens (tertiary/aromatic N) is 1. The lowest BCUT2D eigenvalue weighted by Crippen LogP contribution is -2.67. The Morgan fingerprint density at radius 1 is 1.24 bits per heavy atom. The largest absolute Gasteiger partial charge is 0.336 e. The van der Waals surface area contributed by atoms with Crippen LogP contribution in [0.5, 0.6) is 0 Å². The number of amides is 2. The molecule has 4 heteroatoms. The summed E-state index contributed by atoms with van der Waals surface area (Å²) in [6.07, 6.45) is 1.70. The molecule has 1 rings (SSSR count). The molecule has 1 saturated heterocycles. The molecule has 3 N–H and O–H groups in total. The molecule has 0 aliphatic carbocycles. The van der Waals surface area contributed by atoms with E-state index in [2.05, 4.69) is 33.0 Å². The fourth-order valence-corrected chi connectivity index (χ4v) is 3.22. The molecule has 0 atom stereocenters. The first-order chi connectivity index (χ1) is 7.56. The molecule has 0 aromatic carbocycles. The second-order valence-corrected chi connectivity index (χ2v) is 6.73. The third-order valence-corrected chi connectivity index (χ3v) is 3.35. The average Bonchev–Trinajstić information content (AvgIpc) is 1.93. The molecule has 1 aliphatic heterocycles. The smallest absolute Gasteiger partial charge is 0.318 e. The lowest BCUT2D eigenvalue weighted by Gasteiger charge is -2.54. The van der Waals surface area contributed by atoms with E-state index in [0.717, 1.165) is 12.8 Å². The van der Waals surface area contributed by atoms with Gasteiger partial charge in [-0.3, -0.25) is 0 Å². The van der Waals surface area contributed by atoms with Gasteiger partial charge in [0.05, 0.1) is 0 Å². The van der Waals surface area contributed by atoms with Crippen LogP contribution in [0.25, 0.3) is 0 Å². The molecule has 0 aromatic heterocycles. The van der Waals surface area contributed by atoms with Gasteiger partial charge in [-0.2, -0.15) is 0 Å². The number of carbonyl (C=O) groups is 1. The maximum atomic E-state index is 12.3. The van der Waals surface area contributed by atoms with Crippen molar-refractivity contribution in [3.63, 3.8) is 0 Å². The molecular weight excluding hydrogens is 214 g/mol. The van der Waals surface area contributed by atoms with Crippen LogP contribution in [0.15, 0.2) is 0 Å². The molecule has 4 nitrogen and oxygen atoms in total. The first kappa shape index (κ1) is 14.3. The van der Waals surface area contributed by atoms with Crippen molar-refractivity contribution in [1.82, 2.24) is 10.2 Å². The van der Waals surface area contributed by atoms with Crippen molar-refractivity contribution in [1.29, 1.82) is 0 Å². The molecule has 17 heavy (non-hydrogen) atoms. The summed E-state index contributed by atoms with van der Waals surface area (Å²) in [5.74, 6) is 0. The summed E-state index contributed by atoms with van der Waals surface area (Å²) in [5, 5.41) is 2.98. The Bertz CT molecular complexity index is 279. The van der Waals surface area contributed by atoms with Crippen LogP contribution in [-0.2, 0) is 0 Å². The molecule has 0 unspecified atom stereocenters. The molecule has 0 saturated carbocycles. The molecule has 0 radical (unpaired) electrons. The number of rotatable bonds is 1. The van der Waals surface area contributed by atoms with E-state index in [0.29, 0.717) is 0 Å². The minimum Gasteiger partial charge on any atom is -0.336 e. The lowest BCUT2D eigenvalue weighted by atomic mass is 9.77. The Kier molecular flexibility index (Phi) is 3.77. The van der Waals surface area contributed by atoms with Crippen LogP contribution < -0.4 is 11.1 Å². The van der Waals surface area contributed by atoms with E-state index in [4.69, 9.17) is 5.73 Å². The highest BCUT2D eigenvalue weighted by molar-refractivity contribution is 5.76.